The summed E-state index contributed by atoms with van der Waals surface area (Å²) >= 11 is 1.89. The molecule has 2 heterocycles. The second-order valence-electron chi connectivity index (χ2n) is 10.5. The van der Waals surface area contributed by atoms with Crippen molar-refractivity contribution in [3.05, 3.63) is 23.3 Å². The van der Waals surface area contributed by atoms with E-state index in [0.29, 0.717) is 11.8 Å². The number of likely N-dealkylation sites (tertiary alicyclic amines) is 1. The molecule has 0 spiro atoms. The van der Waals surface area contributed by atoms with E-state index in [1.54, 1.807) is 0 Å². The number of benzene rings is 1. The predicted molar refractivity (Wildman–Crippen MR) is 121 cm³/mol. The molecule has 5 heteroatoms. The van der Waals surface area contributed by atoms with Gasteiger partial charge in [-0.05, 0) is 55.5 Å². The number of phenols is 1. The molecular weight excluding hydrogens is 366 g/mol. The van der Waals surface area contributed by atoms with Crippen molar-refractivity contribution >= 4 is 22.7 Å². The summed E-state index contributed by atoms with van der Waals surface area (Å²) in [6, 6.07) is 4.28. The Hall–Kier alpha value is -1.17. The lowest BCUT2D eigenvalue weighted by Crippen LogP contribution is -2.39. The number of nitrogens with two attached hydrogens (primary N) is 1. The average Bonchev–Trinajstić information content (AvgIpc) is 2.86. The van der Waals surface area contributed by atoms with Crippen LogP contribution in [0, 0.1) is 5.41 Å². The zero-order valence-corrected chi connectivity index (χ0v) is 19.2. The molecule has 4 N–H and O–H groups in total. The average molecular weight is 404 g/mol. The number of rotatable bonds is 4. The van der Waals surface area contributed by atoms with Crippen LogP contribution in [-0.2, 0) is 13.0 Å². The SMILES string of the molecule is CC(C)(C)Cc1c(SC(C)(C)C)[nH]c2c(CN3CCC(N)CC3)c(O)ccc12. The van der Waals surface area contributed by atoms with Gasteiger partial charge in [0.25, 0.3) is 0 Å². The van der Waals surface area contributed by atoms with E-state index in [1.807, 2.05) is 17.8 Å². The van der Waals surface area contributed by atoms with Crippen molar-refractivity contribution in [2.24, 2.45) is 11.1 Å². The number of nitrogens with zero attached hydrogens (tertiary/aromatic N) is 1. The molecule has 1 saturated heterocycles. The maximum Gasteiger partial charge on any atom is 0.122 e. The minimum Gasteiger partial charge on any atom is -0.508 e. The summed E-state index contributed by atoms with van der Waals surface area (Å²) in [5.74, 6) is 0.387. The molecule has 0 unspecified atom stereocenters. The van der Waals surface area contributed by atoms with Gasteiger partial charge in [-0.15, -0.1) is 11.8 Å². The van der Waals surface area contributed by atoms with E-state index in [9.17, 15) is 5.11 Å². The molecule has 3 rings (SSSR count). The summed E-state index contributed by atoms with van der Waals surface area (Å²) in [6.45, 7) is 16.4. The zero-order valence-electron chi connectivity index (χ0n) is 18.4. The van der Waals surface area contributed by atoms with E-state index in [-0.39, 0.29) is 10.2 Å². The Morgan fingerprint density at radius 2 is 1.75 bits per heavy atom. The van der Waals surface area contributed by atoms with Gasteiger partial charge in [0, 0.05) is 28.3 Å². The monoisotopic (exact) mass is 403 g/mol. The van der Waals surface area contributed by atoms with E-state index in [4.69, 9.17) is 5.73 Å². The maximum absolute atomic E-state index is 10.7. The first-order chi connectivity index (χ1) is 12.9. The molecule has 0 saturated carbocycles. The number of thioether (sulfide) groups is 1. The molecule has 4 nitrogen and oxygen atoms in total. The first kappa shape index (κ1) is 21.5. The molecular formula is C23H37N3OS. The van der Waals surface area contributed by atoms with Gasteiger partial charge in [-0.3, -0.25) is 4.90 Å². The van der Waals surface area contributed by atoms with Gasteiger partial charge in [0.2, 0.25) is 0 Å². The lowest BCUT2D eigenvalue weighted by molar-refractivity contribution is 0.204. The Bertz CT molecular complexity index is 821. The first-order valence-electron chi connectivity index (χ1n) is 10.5. The van der Waals surface area contributed by atoms with Crippen molar-refractivity contribution in [3.63, 3.8) is 0 Å². The molecule has 0 amide bonds. The summed E-state index contributed by atoms with van der Waals surface area (Å²) in [5, 5.41) is 13.2. The van der Waals surface area contributed by atoms with Gasteiger partial charge < -0.3 is 15.8 Å². The molecule has 0 bridgehead atoms. The largest absolute Gasteiger partial charge is 0.508 e. The van der Waals surface area contributed by atoms with Gasteiger partial charge in [0.1, 0.15) is 5.75 Å². The van der Waals surface area contributed by atoms with Gasteiger partial charge in [0.15, 0.2) is 0 Å². The van der Waals surface area contributed by atoms with Crippen LogP contribution < -0.4 is 5.73 Å². The van der Waals surface area contributed by atoms with Crippen LogP contribution in [0.5, 0.6) is 5.75 Å². The molecule has 156 valence electrons. The molecule has 0 aliphatic carbocycles. The minimum absolute atomic E-state index is 0.124. The summed E-state index contributed by atoms with van der Waals surface area (Å²) in [6.07, 6.45) is 3.07. The van der Waals surface area contributed by atoms with Crippen LogP contribution in [-0.4, -0.2) is 38.9 Å². The van der Waals surface area contributed by atoms with Crippen LogP contribution in [0.3, 0.4) is 0 Å². The number of nitrogens with one attached hydrogen (secondary N) is 1. The van der Waals surface area contributed by atoms with Crippen molar-refractivity contribution in [3.8, 4) is 5.75 Å². The van der Waals surface area contributed by atoms with Crippen molar-refractivity contribution in [1.82, 2.24) is 9.88 Å². The maximum atomic E-state index is 10.7. The molecule has 2 aromatic rings. The number of hydrogen-bond donors (Lipinski definition) is 3. The minimum atomic E-state index is 0.124. The second-order valence-corrected chi connectivity index (χ2v) is 12.3. The third-order valence-corrected chi connectivity index (χ3v) is 6.42. The fourth-order valence-corrected chi connectivity index (χ4v) is 5.01. The third-order valence-electron chi connectivity index (χ3n) is 5.26. The number of piperidine rings is 1. The van der Waals surface area contributed by atoms with Crippen LogP contribution in [0.15, 0.2) is 17.2 Å². The van der Waals surface area contributed by atoms with Gasteiger partial charge >= 0.3 is 0 Å². The number of aromatic amines is 1. The molecule has 1 aromatic carbocycles. The van der Waals surface area contributed by atoms with Crippen molar-refractivity contribution in [1.29, 1.82) is 0 Å². The summed E-state index contributed by atoms with van der Waals surface area (Å²) < 4.78 is 0.124. The van der Waals surface area contributed by atoms with E-state index in [2.05, 4.69) is 57.5 Å². The Morgan fingerprint density at radius 3 is 2.32 bits per heavy atom. The third kappa shape index (κ3) is 5.25. The van der Waals surface area contributed by atoms with Gasteiger partial charge in [-0.2, -0.15) is 0 Å². The fraction of sp³-hybridized carbons (Fsp3) is 0.652. The molecule has 28 heavy (non-hydrogen) atoms. The summed E-state index contributed by atoms with van der Waals surface area (Å²) in [4.78, 5) is 6.12. The Balaban J connectivity index is 2.04. The Kier molecular flexibility index (Phi) is 6.09. The van der Waals surface area contributed by atoms with Crippen LogP contribution in [0.25, 0.3) is 10.9 Å². The highest BCUT2D eigenvalue weighted by Gasteiger charge is 2.25. The Morgan fingerprint density at radius 1 is 1.11 bits per heavy atom. The lowest BCUT2D eigenvalue weighted by atomic mass is 9.88. The molecule has 1 aliphatic heterocycles. The molecule has 1 fully saturated rings. The van der Waals surface area contributed by atoms with E-state index < -0.39 is 0 Å². The summed E-state index contributed by atoms with van der Waals surface area (Å²) in [7, 11) is 0. The fourth-order valence-electron chi connectivity index (χ4n) is 3.94. The van der Waals surface area contributed by atoms with E-state index in [0.717, 1.165) is 50.0 Å². The first-order valence-corrected chi connectivity index (χ1v) is 11.3. The molecule has 1 aliphatic rings. The highest BCUT2D eigenvalue weighted by atomic mass is 32.2. The van der Waals surface area contributed by atoms with Crippen LogP contribution in [0.2, 0.25) is 0 Å². The van der Waals surface area contributed by atoms with E-state index in [1.165, 1.54) is 16.0 Å². The van der Waals surface area contributed by atoms with Gasteiger partial charge in [0.05, 0.1) is 10.5 Å². The number of fused-ring (bicyclic) bond motifs is 1. The summed E-state index contributed by atoms with van der Waals surface area (Å²) in [5.41, 5.74) is 9.76. The van der Waals surface area contributed by atoms with Crippen molar-refractivity contribution in [2.75, 3.05) is 13.1 Å². The predicted octanol–water partition coefficient (Wildman–Crippen LogP) is 5.28. The van der Waals surface area contributed by atoms with Crippen molar-refractivity contribution < 1.29 is 5.11 Å². The highest BCUT2D eigenvalue weighted by molar-refractivity contribution is 8.00. The molecule has 1 aromatic heterocycles. The number of aromatic nitrogens is 1. The quantitative estimate of drug-likeness (QED) is 0.608. The number of H-pyrrole nitrogens is 1. The number of aromatic hydroxyl groups is 1. The molecule has 0 radical (unpaired) electrons. The highest BCUT2D eigenvalue weighted by Crippen LogP contribution is 2.42. The Labute approximate surface area is 174 Å². The van der Waals surface area contributed by atoms with Crippen LogP contribution in [0.4, 0.5) is 0 Å². The van der Waals surface area contributed by atoms with Crippen LogP contribution >= 0.6 is 11.8 Å². The second kappa shape index (κ2) is 7.92. The van der Waals surface area contributed by atoms with Crippen molar-refractivity contribution in [2.45, 2.75) is 83.2 Å². The topological polar surface area (TPSA) is 65.3 Å². The zero-order chi connectivity index (χ0) is 20.7. The van der Waals surface area contributed by atoms with Gasteiger partial charge in [-0.1, -0.05) is 41.5 Å². The standard InChI is InChI=1S/C23H37N3OS/c1-22(2,3)13-17-16-7-8-19(27)18(14-26-11-9-15(24)10-12-26)20(16)25-21(17)28-23(4,5)6/h7-8,15,25,27H,9-14,24H2,1-6H3. The van der Waals surface area contributed by atoms with Crippen LogP contribution in [0.1, 0.15) is 65.5 Å². The number of phenolic OH excluding ortho intramolecular Hbond substituents is 1. The van der Waals surface area contributed by atoms with E-state index >= 15 is 0 Å². The van der Waals surface area contributed by atoms with Gasteiger partial charge in [-0.25, -0.2) is 0 Å². The molecule has 0 atom stereocenters. The lowest BCUT2D eigenvalue weighted by Gasteiger charge is -2.30. The normalized spacial score (nSPS) is 17.5. The smallest absolute Gasteiger partial charge is 0.122 e. The number of hydrogen-bond acceptors (Lipinski definition) is 4.